The van der Waals surface area contributed by atoms with Gasteiger partial charge in [-0.15, -0.1) is 11.3 Å². The second kappa shape index (κ2) is 9.04. The van der Waals surface area contributed by atoms with Gasteiger partial charge in [-0.1, -0.05) is 11.6 Å². The SMILES string of the molecule is O=C(Nc1nc(-c2ccc(F)cc2)cs1)C1CCCN(S(=O)(=O)c2ccc(Cl)cc2)C1. The summed E-state index contributed by atoms with van der Waals surface area (Å²) in [5, 5.41) is 5.44. The molecule has 3 aromatic rings. The van der Waals surface area contributed by atoms with Crippen molar-refractivity contribution in [1.82, 2.24) is 9.29 Å². The third-order valence-electron chi connectivity index (χ3n) is 5.08. The topological polar surface area (TPSA) is 79.4 Å². The van der Waals surface area contributed by atoms with Gasteiger partial charge in [0.25, 0.3) is 0 Å². The van der Waals surface area contributed by atoms with Crippen molar-refractivity contribution in [2.24, 2.45) is 5.92 Å². The molecule has 0 spiro atoms. The molecule has 1 fully saturated rings. The van der Waals surface area contributed by atoms with Crippen molar-refractivity contribution in [3.63, 3.8) is 0 Å². The van der Waals surface area contributed by atoms with Crippen LogP contribution >= 0.6 is 22.9 Å². The first-order chi connectivity index (χ1) is 14.8. The van der Waals surface area contributed by atoms with Crippen LogP contribution in [0.5, 0.6) is 0 Å². The molecule has 1 aliphatic rings. The van der Waals surface area contributed by atoms with Gasteiger partial charge < -0.3 is 5.32 Å². The molecule has 0 saturated carbocycles. The lowest BCUT2D eigenvalue weighted by molar-refractivity contribution is -0.120. The minimum absolute atomic E-state index is 0.104. The number of aromatic nitrogens is 1. The van der Waals surface area contributed by atoms with E-state index < -0.39 is 15.9 Å². The molecule has 1 aromatic heterocycles. The summed E-state index contributed by atoms with van der Waals surface area (Å²) < 4.78 is 40.3. The van der Waals surface area contributed by atoms with E-state index in [4.69, 9.17) is 11.6 Å². The Hall–Kier alpha value is -2.33. The molecule has 6 nitrogen and oxygen atoms in total. The summed E-state index contributed by atoms with van der Waals surface area (Å²) in [5.41, 5.74) is 1.38. The first kappa shape index (κ1) is 21.9. The Morgan fingerprint density at radius 2 is 1.87 bits per heavy atom. The number of halogens is 2. The standard InChI is InChI=1S/C21H19ClFN3O3S2/c22-16-5-9-18(10-6-16)31(28,29)26-11-1-2-15(12-26)20(27)25-21-24-19(13-30-21)14-3-7-17(23)8-4-14/h3-10,13,15H,1-2,11-12H2,(H,24,25,27). The minimum atomic E-state index is -3.70. The average molecular weight is 480 g/mol. The predicted octanol–water partition coefficient (Wildman–Crippen LogP) is 4.64. The average Bonchev–Trinajstić information content (AvgIpc) is 3.23. The van der Waals surface area contributed by atoms with E-state index >= 15 is 0 Å². The molecule has 10 heteroatoms. The van der Waals surface area contributed by atoms with Gasteiger partial charge in [0.2, 0.25) is 15.9 Å². The van der Waals surface area contributed by atoms with Gasteiger partial charge in [0.15, 0.2) is 5.13 Å². The van der Waals surface area contributed by atoms with Gasteiger partial charge in [-0.3, -0.25) is 4.79 Å². The van der Waals surface area contributed by atoms with Gasteiger partial charge in [0, 0.05) is 29.1 Å². The van der Waals surface area contributed by atoms with Gasteiger partial charge in [-0.2, -0.15) is 4.31 Å². The van der Waals surface area contributed by atoms with Gasteiger partial charge in [-0.25, -0.2) is 17.8 Å². The van der Waals surface area contributed by atoms with E-state index in [1.165, 1.54) is 52.0 Å². The molecule has 2 aromatic carbocycles. The number of anilines is 1. The summed E-state index contributed by atoms with van der Waals surface area (Å²) in [6.45, 7) is 0.466. The zero-order chi connectivity index (χ0) is 22.0. The van der Waals surface area contributed by atoms with Crippen molar-refractivity contribution < 1.29 is 17.6 Å². The Morgan fingerprint density at radius 1 is 1.16 bits per heavy atom. The Labute approximate surface area is 188 Å². The number of nitrogens with zero attached hydrogens (tertiary/aromatic N) is 2. The highest BCUT2D eigenvalue weighted by atomic mass is 35.5. The van der Waals surface area contributed by atoms with Gasteiger partial charge in [0.05, 0.1) is 16.5 Å². The molecule has 0 radical (unpaired) electrons. The van der Waals surface area contributed by atoms with Crippen LogP contribution in [0.4, 0.5) is 9.52 Å². The van der Waals surface area contributed by atoms with E-state index in [2.05, 4.69) is 10.3 Å². The van der Waals surface area contributed by atoms with Crippen LogP contribution in [0.3, 0.4) is 0 Å². The maximum absolute atomic E-state index is 13.1. The van der Waals surface area contributed by atoms with Crippen LogP contribution in [-0.4, -0.2) is 36.7 Å². The Balaban J connectivity index is 1.43. The van der Waals surface area contributed by atoms with E-state index in [0.29, 0.717) is 35.2 Å². The normalized spacial score (nSPS) is 17.4. The first-order valence-electron chi connectivity index (χ1n) is 9.61. The van der Waals surface area contributed by atoms with Crippen LogP contribution in [0.25, 0.3) is 11.3 Å². The summed E-state index contributed by atoms with van der Waals surface area (Å²) >= 11 is 7.12. The van der Waals surface area contributed by atoms with E-state index in [-0.39, 0.29) is 23.2 Å². The second-order valence-corrected chi connectivity index (χ2v) is 10.4. The third-order valence-corrected chi connectivity index (χ3v) is 7.97. The van der Waals surface area contributed by atoms with E-state index in [0.717, 1.165) is 5.56 Å². The zero-order valence-electron chi connectivity index (χ0n) is 16.3. The van der Waals surface area contributed by atoms with Crippen molar-refractivity contribution in [3.05, 3.63) is 64.8 Å². The molecule has 1 amide bonds. The molecule has 4 rings (SSSR count). The number of sulfonamides is 1. The number of amides is 1. The van der Waals surface area contributed by atoms with E-state index in [9.17, 15) is 17.6 Å². The molecule has 1 atom stereocenters. The predicted molar refractivity (Wildman–Crippen MR) is 119 cm³/mol. The van der Waals surface area contributed by atoms with Crippen molar-refractivity contribution in [2.75, 3.05) is 18.4 Å². The maximum atomic E-state index is 13.1. The molecule has 31 heavy (non-hydrogen) atoms. The monoisotopic (exact) mass is 479 g/mol. The minimum Gasteiger partial charge on any atom is -0.302 e. The van der Waals surface area contributed by atoms with Gasteiger partial charge in [0.1, 0.15) is 5.82 Å². The summed E-state index contributed by atoms with van der Waals surface area (Å²) in [4.78, 5) is 17.3. The summed E-state index contributed by atoms with van der Waals surface area (Å²) in [6, 6.07) is 11.9. The largest absolute Gasteiger partial charge is 0.302 e. The fraction of sp³-hybridized carbons (Fsp3) is 0.238. The second-order valence-electron chi connectivity index (χ2n) is 7.19. The number of nitrogens with one attached hydrogen (secondary N) is 1. The number of thiazole rings is 1. The summed E-state index contributed by atoms with van der Waals surface area (Å²) in [5.74, 6) is -1.08. The number of carbonyl (C=O) groups excluding carboxylic acids is 1. The number of hydrogen-bond donors (Lipinski definition) is 1. The lowest BCUT2D eigenvalue weighted by Crippen LogP contribution is -2.43. The molecule has 0 aliphatic carbocycles. The fourth-order valence-electron chi connectivity index (χ4n) is 3.42. The molecular formula is C21H19ClFN3O3S2. The molecule has 1 aliphatic heterocycles. The number of carbonyl (C=O) groups is 1. The molecule has 1 N–H and O–H groups in total. The lowest BCUT2D eigenvalue weighted by atomic mass is 9.99. The number of hydrogen-bond acceptors (Lipinski definition) is 5. The van der Waals surface area contributed by atoms with Crippen LogP contribution in [0, 0.1) is 11.7 Å². The van der Waals surface area contributed by atoms with Gasteiger partial charge >= 0.3 is 0 Å². The summed E-state index contributed by atoms with van der Waals surface area (Å²) in [7, 11) is -3.70. The molecule has 162 valence electrons. The number of rotatable bonds is 5. The van der Waals surface area contributed by atoms with Gasteiger partial charge in [-0.05, 0) is 61.4 Å². The quantitative estimate of drug-likeness (QED) is 0.578. The van der Waals surface area contributed by atoms with Crippen molar-refractivity contribution in [1.29, 1.82) is 0 Å². The Morgan fingerprint density at radius 3 is 2.58 bits per heavy atom. The highest BCUT2D eigenvalue weighted by molar-refractivity contribution is 7.89. The van der Waals surface area contributed by atoms with Crippen LogP contribution in [0.2, 0.25) is 5.02 Å². The van der Waals surface area contributed by atoms with Crippen molar-refractivity contribution >= 4 is 44.0 Å². The van der Waals surface area contributed by atoms with Crippen LogP contribution in [0.15, 0.2) is 58.8 Å². The first-order valence-corrected chi connectivity index (χ1v) is 12.3. The zero-order valence-corrected chi connectivity index (χ0v) is 18.7. The smallest absolute Gasteiger partial charge is 0.243 e. The molecule has 0 bridgehead atoms. The summed E-state index contributed by atoms with van der Waals surface area (Å²) in [6.07, 6.45) is 1.18. The maximum Gasteiger partial charge on any atom is 0.243 e. The van der Waals surface area contributed by atoms with Crippen molar-refractivity contribution in [2.45, 2.75) is 17.7 Å². The number of benzene rings is 2. The Kier molecular flexibility index (Phi) is 6.38. The van der Waals surface area contributed by atoms with E-state index in [1.807, 2.05) is 0 Å². The lowest BCUT2D eigenvalue weighted by Gasteiger charge is -2.31. The van der Waals surface area contributed by atoms with Crippen molar-refractivity contribution in [3.8, 4) is 11.3 Å². The van der Waals surface area contributed by atoms with Crippen LogP contribution in [0.1, 0.15) is 12.8 Å². The van der Waals surface area contributed by atoms with Crippen LogP contribution < -0.4 is 5.32 Å². The van der Waals surface area contributed by atoms with Crippen LogP contribution in [-0.2, 0) is 14.8 Å². The highest BCUT2D eigenvalue weighted by Gasteiger charge is 2.33. The highest BCUT2D eigenvalue weighted by Crippen LogP contribution is 2.28. The fourth-order valence-corrected chi connectivity index (χ4v) is 5.79. The molecule has 1 unspecified atom stereocenters. The number of piperidine rings is 1. The third kappa shape index (κ3) is 4.95. The Bertz CT molecular complexity index is 1180. The molecule has 1 saturated heterocycles. The molecular weight excluding hydrogens is 461 g/mol. The van der Waals surface area contributed by atoms with E-state index in [1.54, 1.807) is 17.5 Å². The molecule has 2 heterocycles.